The molecule has 1 aromatic heterocycles. The smallest absolute Gasteiger partial charge is 0.115 e. The molecule has 1 unspecified atom stereocenters. The number of nitrogens with one attached hydrogen (secondary N) is 1. The fraction of sp³-hybridized carbons (Fsp3) is 0.167. The molecule has 106 valence electrons. The number of fused-ring (bicyclic) bond motifs is 1. The van der Waals surface area contributed by atoms with Gasteiger partial charge in [-0.15, -0.1) is 0 Å². The average molecular weight is 278 g/mol. The van der Waals surface area contributed by atoms with E-state index in [-0.39, 0.29) is 6.04 Å². The predicted molar refractivity (Wildman–Crippen MR) is 85.4 cm³/mol. The molecular formula is C18H18N2O. The van der Waals surface area contributed by atoms with Gasteiger partial charge in [-0.1, -0.05) is 24.3 Å². The highest BCUT2D eigenvalue weighted by atomic mass is 16.3. The maximum Gasteiger partial charge on any atom is 0.115 e. The van der Waals surface area contributed by atoms with Gasteiger partial charge in [0.25, 0.3) is 0 Å². The van der Waals surface area contributed by atoms with Crippen LogP contribution < -0.4 is 5.32 Å². The van der Waals surface area contributed by atoms with E-state index in [1.807, 2.05) is 37.5 Å². The third kappa shape index (κ3) is 3.03. The third-order valence-corrected chi connectivity index (χ3v) is 3.73. The van der Waals surface area contributed by atoms with Gasteiger partial charge in [0.15, 0.2) is 0 Å². The van der Waals surface area contributed by atoms with Crippen LogP contribution in [0.4, 0.5) is 0 Å². The summed E-state index contributed by atoms with van der Waals surface area (Å²) in [4.78, 5) is 4.35. The molecule has 0 fully saturated rings. The lowest BCUT2D eigenvalue weighted by molar-refractivity contribution is 0.473. The van der Waals surface area contributed by atoms with E-state index >= 15 is 0 Å². The maximum absolute atomic E-state index is 9.58. The molecule has 0 radical (unpaired) electrons. The Hall–Kier alpha value is -2.39. The summed E-state index contributed by atoms with van der Waals surface area (Å²) in [6, 6.07) is 18.0. The third-order valence-electron chi connectivity index (χ3n) is 3.73. The molecule has 2 aromatic carbocycles. The lowest BCUT2D eigenvalue weighted by Crippen LogP contribution is -2.18. The molecular weight excluding hydrogens is 260 g/mol. The van der Waals surface area contributed by atoms with Gasteiger partial charge < -0.3 is 10.4 Å². The van der Waals surface area contributed by atoms with Crippen molar-refractivity contribution in [1.82, 2.24) is 10.3 Å². The van der Waals surface area contributed by atoms with Crippen molar-refractivity contribution in [1.29, 1.82) is 0 Å². The number of phenolic OH excluding ortho intramolecular Hbond substituents is 1. The van der Waals surface area contributed by atoms with Crippen molar-refractivity contribution < 1.29 is 5.11 Å². The van der Waals surface area contributed by atoms with Gasteiger partial charge in [0.1, 0.15) is 5.75 Å². The molecule has 0 aliphatic carbocycles. The maximum atomic E-state index is 9.58. The Labute approximate surface area is 124 Å². The van der Waals surface area contributed by atoms with Gasteiger partial charge in [0, 0.05) is 17.6 Å². The largest absolute Gasteiger partial charge is 0.508 e. The van der Waals surface area contributed by atoms with E-state index in [1.54, 1.807) is 6.07 Å². The SMILES string of the molecule is CNC(Cc1cccc(O)c1)c1ccc2ncccc2c1. The first-order valence-corrected chi connectivity index (χ1v) is 7.06. The summed E-state index contributed by atoms with van der Waals surface area (Å²) in [5.41, 5.74) is 3.34. The summed E-state index contributed by atoms with van der Waals surface area (Å²) < 4.78 is 0. The van der Waals surface area contributed by atoms with Gasteiger partial charge in [-0.2, -0.15) is 0 Å². The van der Waals surface area contributed by atoms with Gasteiger partial charge in [0.05, 0.1) is 5.52 Å². The molecule has 3 nitrogen and oxygen atoms in total. The number of phenols is 1. The van der Waals surface area contributed by atoms with Crippen LogP contribution in [0.25, 0.3) is 10.9 Å². The van der Waals surface area contributed by atoms with Crippen LogP contribution in [0.5, 0.6) is 5.75 Å². The fourth-order valence-corrected chi connectivity index (χ4v) is 2.62. The van der Waals surface area contributed by atoms with E-state index in [9.17, 15) is 5.11 Å². The van der Waals surface area contributed by atoms with Crippen LogP contribution in [-0.2, 0) is 6.42 Å². The highest BCUT2D eigenvalue weighted by Gasteiger charge is 2.11. The Kier molecular flexibility index (Phi) is 3.84. The molecule has 0 amide bonds. The molecule has 0 saturated heterocycles. The normalized spacial score (nSPS) is 12.4. The Bertz CT molecular complexity index is 755. The Morgan fingerprint density at radius 2 is 2.00 bits per heavy atom. The van der Waals surface area contributed by atoms with Gasteiger partial charge in [-0.25, -0.2) is 0 Å². The molecule has 3 heteroatoms. The fourth-order valence-electron chi connectivity index (χ4n) is 2.62. The van der Waals surface area contributed by atoms with Crippen molar-refractivity contribution >= 4 is 10.9 Å². The lowest BCUT2D eigenvalue weighted by atomic mass is 9.97. The number of aromatic hydroxyl groups is 1. The molecule has 21 heavy (non-hydrogen) atoms. The van der Waals surface area contributed by atoms with Crippen LogP contribution >= 0.6 is 0 Å². The van der Waals surface area contributed by atoms with E-state index in [2.05, 4.69) is 34.6 Å². The number of nitrogens with zero attached hydrogens (tertiary/aromatic N) is 1. The van der Waals surface area contributed by atoms with E-state index in [1.165, 1.54) is 5.56 Å². The number of likely N-dealkylation sites (N-methyl/N-ethyl adjacent to an activating group) is 1. The van der Waals surface area contributed by atoms with E-state index in [4.69, 9.17) is 0 Å². The Morgan fingerprint density at radius 3 is 2.81 bits per heavy atom. The molecule has 0 spiro atoms. The monoisotopic (exact) mass is 278 g/mol. The van der Waals surface area contributed by atoms with Crippen molar-refractivity contribution in [2.45, 2.75) is 12.5 Å². The first kappa shape index (κ1) is 13.6. The highest BCUT2D eigenvalue weighted by Crippen LogP contribution is 2.23. The minimum absolute atomic E-state index is 0.205. The van der Waals surface area contributed by atoms with Gasteiger partial charge >= 0.3 is 0 Å². The molecule has 0 aliphatic heterocycles. The Morgan fingerprint density at radius 1 is 1.10 bits per heavy atom. The van der Waals surface area contributed by atoms with Crippen LogP contribution in [0.1, 0.15) is 17.2 Å². The van der Waals surface area contributed by atoms with E-state index in [0.29, 0.717) is 5.75 Å². The zero-order valence-corrected chi connectivity index (χ0v) is 12.0. The molecule has 0 saturated carbocycles. The van der Waals surface area contributed by atoms with Crippen molar-refractivity contribution in [2.24, 2.45) is 0 Å². The zero-order chi connectivity index (χ0) is 14.7. The van der Waals surface area contributed by atoms with Gasteiger partial charge in [0.2, 0.25) is 0 Å². The standard InChI is InChI=1S/C18H18N2O/c1-19-18(11-13-4-2-6-16(21)10-13)15-7-8-17-14(12-15)5-3-9-20-17/h2-10,12,18-19,21H,11H2,1H3. The summed E-state index contributed by atoms with van der Waals surface area (Å²) in [5.74, 6) is 0.310. The highest BCUT2D eigenvalue weighted by molar-refractivity contribution is 5.79. The summed E-state index contributed by atoms with van der Waals surface area (Å²) in [7, 11) is 1.96. The van der Waals surface area contributed by atoms with Gasteiger partial charge in [-0.3, -0.25) is 4.98 Å². The molecule has 1 atom stereocenters. The van der Waals surface area contributed by atoms with Crippen molar-refractivity contribution in [3.05, 3.63) is 71.9 Å². The lowest BCUT2D eigenvalue weighted by Gasteiger charge is -2.17. The first-order chi connectivity index (χ1) is 10.3. The van der Waals surface area contributed by atoms with Crippen LogP contribution in [0.15, 0.2) is 60.8 Å². The summed E-state index contributed by atoms with van der Waals surface area (Å²) in [6.45, 7) is 0. The predicted octanol–water partition coefficient (Wildman–Crippen LogP) is 3.44. The molecule has 1 heterocycles. The first-order valence-electron chi connectivity index (χ1n) is 7.06. The molecule has 3 rings (SSSR count). The molecule has 2 N–H and O–H groups in total. The van der Waals surface area contributed by atoms with Crippen molar-refractivity contribution in [3.63, 3.8) is 0 Å². The molecule has 0 aliphatic rings. The second-order valence-corrected chi connectivity index (χ2v) is 5.17. The minimum Gasteiger partial charge on any atom is -0.508 e. The average Bonchev–Trinajstić information content (AvgIpc) is 2.52. The van der Waals surface area contributed by atoms with Gasteiger partial charge in [-0.05, 0) is 54.9 Å². The number of hydrogen-bond donors (Lipinski definition) is 2. The number of rotatable bonds is 4. The van der Waals surface area contributed by atoms with Crippen LogP contribution in [0, 0.1) is 0 Å². The minimum atomic E-state index is 0.205. The second-order valence-electron chi connectivity index (χ2n) is 5.17. The van der Waals surface area contributed by atoms with E-state index < -0.39 is 0 Å². The van der Waals surface area contributed by atoms with Crippen molar-refractivity contribution in [2.75, 3.05) is 7.05 Å². The summed E-state index contributed by atoms with van der Waals surface area (Å²) in [6.07, 6.45) is 2.64. The van der Waals surface area contributed by atoms with E-state index in [0.717, 1.165) is 22.9 Å². The molecule has 0 bridgehead atoms. The number of pyridine rings is 1. The quantitative estimate of drug-likeness (QED) is 0.768. The zero-order valence-electron chi connectivity index (χ0n) is 12.0. The number of benzene rings is 2. The topological polar surface area (TPSA) is 45.1 Å². The van der Waals surface area contributed by atoms with Crippen LogP contribution in [-0.4, -0.2) is 17.1 Å². The summed E-state index contributed by atoms with van der Waals surface area (Å²) >= 11 is 0. The number of aromatic nitrogens is 1. The van der Waals surface area contributed by atoms with Crippen molar-refractivity contribution in [3.8, 4) is 5.75 Å². The summed E-state index contributed by atoms with van der Waals surface area (Å²) in [5, 5.41) is 14.1. The van der Waals surface area contributed by atoms with Crippen LogP contribution in [0.2, 0.25) is 0 Å². The second kappa shape index (κ2) is 5.94. The van der Waals surface area contributed by atoms with Crippen LogP contribution in [0.3, 0.4) is 0 Å². The number of hydrogen-bond acceptors (Lipinski definition) is 3. The molecule has 3 aromatic rings. The Balaban J connectivity index is 1.90.